The van der Waals surface area contributed by atoms with Gasteiger partial charge >= 0.3 is 0 Å². The highest BCUT2D eigenvalue weighted by molar-refractivity contribution is 5.85. The van der Waals surface area contributed by atoms with Crippen molar-refractivity contribution in [3.05, 3.63) is 47.7 Å². The van der Waals surface area contributed by atoms with Gasteiger partial charge < -0.3 is 14.5 Å². The monoisotopic (exact) mass is 283 g/mol. The molecule has 1 aromatic carbocycles. The predicted molar refractivity (Wildman–Crippen MR) is 84.1 cm³/mol. The zero-order valence-electron chi connectivity index (χ0n) is 12.8. The lowest BCUT2D eigenvalue weighted by molar-refractivity contribution is 0.631. The largest absolute Gasteiger partial charge is 0.346 e. The van der Waals surface area contributed by atoms with Crippen LogP contribution in [-0.2, 0) is 27.1 Å². The summed E-state index contributed by atoms with van der Waals surface area (Å²) in [6.45, 7) is 3.96. The fourth-order valence-corrected chi connectivity index (χ4v) is 2.83. The van der Waals surface area contributed by atoms with Crippen LogP contribution in [-0.4, -0.2) is 25.9 Å². The number of nitrogens with one attached hydrogen (secondary N) is 1. The van der Waals surface area contributed by atoms with Crippen molar-refractivity contribution < 1.29 is 0 Å². The van der Waals surface area contributed by atoms with E-state index in [2.05, 4.69) is 58.3 Å². The second-order valence-electron chi connectivity index (χ2n) is 5.43. The van der Waals surface area contributed by atoms with Gasteiger partial charge in [0.1, 0.15) is 12.2 Å². The van der Waals surface area contributed by atoms with E-state index in [1.165, 1.54) is 22.2 Å². The van der Waals surface area contributed by atoms with Gasteiger partial charge in [0.2, 0.25) is 0 Å². The summed E-state index contributed by atoms with van der Waals surface area (Å²) >= 11 is 0. The molecule has 3 aromatic rings. The quantitative estimate of drug-likeness (QED) is 0.728. The molecule has 1 N–H and O–H groups in total. The summed E-state index contributed by atoms with van der Waals surface area (Å²) in [5, 5.41) is 12.8. The summed E-state index contributed by atoms with van der Waals surface area (Å²) in [5.41, 5.74) is 3.99. The van der Waals surface area contributed by atoms with Crippen molar-refractivity contribution in [2.75, 3.05) is 6.54 Å². The van der Waals surface area contributed by atoms with Crippen LogP contribution in [0.3, 0.4) is 0 Å². The van der Waals surface area contributed by atoms with Gasteiger partial charge in [-0.1, -0.05) is 18.2 Å². The third-order valence-electron chi connectivity index (χ3n) is 4.13. The maximum Gasteiger partial charge on any atom is 0.133 e. The summed E-state index contributed by atoms with van der Waals surface area (Å²) in [5.74, 6) is 1.01. The highest BCUT2D eigenvalue weighted by atomic mass is 15.2. The lowest BCUT2D eigenvalue weighted by atomic mass is 10.1. The van der Waals surface area contributed by atoms with Gasteiger partial charge in [0.05, 0.1) is 0 Å². The first-order valence-corrected chi connectivity index (χ1v) is 7.25. The number of rotatable bonds is 5. The van der Waals surface area contributed by atoms with Gasteiger partial charge in [-0.2, -0.15) is 0 Å². The van der Waals surface area contributed by atoms with Crippen LogP contribution < -0.4 is 5.32 Å². The van der Waals surface area contributed by atoms with Crippen LogP contribution in [0.1, 0.15) is 17.1 Å². The van der Waals surface area contributed by atoms with E-state index in [0.717, 1.165) is 25.3 Å². The molecule has 0 aliphatic heterocycles. The molecule has 3 rings (SSSR count). The predicted octanol–water partition coefficient (Wildman–Crippen LogP) is 1.95. The highest BCUT2D eigenvalue weighted by Gasteiger charge is 2.10. The van der Waals surface area contributed by atoms with Crippen LogP contribution in [0.15, 0.2) is 30.6 Å². The van der Waals surface area contributed by atoms with Crippen LogP contribution in [0.25, 0.3) is 10.9 Å². The third kappa shape index (κ3) is 2.56. The van der Waals surface area contributed by atoms with Gasteiger partial charge in [-0.3, -0.25) is 0 Å². The lowest BCUT2D eigenvalue weighted by Crippen LogP contribution is -2.20. The number of aromatic nitrogens is 4. The molecule has 2 heterocycles. The van der Waals surface area contributed by atoms with Gasteiger partial charge in [0.25, 0.3) is 0 Å². The minimum absolute atomic E-state index is 0.870. The number of benzene rings is 1. The average molecular weight is 283 g/mol. The standard InChI is InChI=1S/C16H21N5/c1-12-13-6-4-5-7-14(13)21(3)15(12)10-17-9-8-16-19-18-11-20(16)2/h4-7,11,17H,8-10H2,1-3H3. The number of hydrogen-bond acceptors (Lipinski definition) is 3. The number of aryl methyl sites for hydroxylation is 3. The van der Waals surface area contributed by atoms with Crippen LogP contribution in [0.2, 0.25) is 0 Å². The summed E-state index contributed by atoms with van der Waals surface area (Å²) < 4.78 is 4.24. The van der Waals surface area contributed by atoms with Crippen LogP contribution in [0, 0.1) is 6.92 Å². The van der Waals surface area contributed by atoms with Gasteiger partial charge in [0.15, 0.2) is 0 Å². The lowest BCUT2D eigenvalue weighted by Gasteiger charge is -2.08. The van der Waals surface area contributed by atoms with Crippen LogP contribution >= 0.6 is 0 Å². The Hall–Kier alpha value is -2.14. The smallest absolute Gasteiger partial charge is 0.133 e. The molecule has 0 spiro atoms. The van der Waals surface area contributed by atoms with Crippen molar-refractivity contribution in [2.24, 2.45) is 14.1 Å². The van der Waals surface area contributed by atoms with Crippen molar-refractivity contribution in [3.63, 3.8) is 0 Å². The van der Waals surface area contributed by atoms with Crippen molar-refractivity contribution in [1.29, 1.82) is 0 Å². The highest BCUT2D eigenvalue weighted by Crippen LogP contribution is 2.24. The topological polar surface area (TPSA) is 47.7 Å². The van der Waals surface area contributed by atoms with E-state index in [4.69, 9.17) is 0 Å². The number of fused-ring (bicyclic) bond motifs is 1. The molecule has 110 valence electrons. The minimum Gasteiger partial charge on any atom is -0.346 e. The molecule has 0 saturated heterocycles. The summed E-state index contributed by atoms with van der Waals surface area (Å²) in [7, 11) is 4.11. The van der Waals surface area contributed by atoms with Gasteiger partial charge in [-0.25, -0.2) is 0 Å². The Morgan fingerprint density at radius 3 is 2.71 bits per heavy atom. The molecule has 0 fully saturated rings. The SMILES string of the molecule is Cc1c(CNCCc2nncn2C)n(C)c2ccccc12. The Kier molecular flexibility index (Phi) is 3.75. The van der Waals surface area contributed by atoms with E-state index < -0.39 is 0 Å². The minimum atomic E-state index is 0.870. The molecule has 0 aliphatic rings. The van der Waals surface area contributed by atoms with E-state index in [1.807, 2.05) is 11.6 Å². The maximum atomic E-state index is 4.10. The summed E-state index contributed by atoms with van der Waals surface area (Å²) in [6, 6.07) is 8.55. The van der Waals surface area contributed by atoms with E-state index >= 15 is 0 Å². The third-order valence-corrected chi connectivity index (χ3v) is 4.13. The van der Waals surface area contributed by atoms with E-state index in [-0.39, 0.29) is 0 Å². The van der Waals surface area contributed by atoms with Crippen LogP contribution in [0.4, 0.5) is 0 Å². The van der Waals surface area contributed by atoms with Crippen molar-refractivity contribution in [3.8, 4) is 0 Å². The molecule has 0 unspecified atom stereocenters. The number of nitrogens with zero attached hydrogens (tertiary/aromatic N) is 4. The first kappa shape index (κ1) is 13.8. The summed E-state index contributed by atoms with van der Waals surface area (Å²) in [4.78, 5) is 0. The Morgan fingerprint density at radius 2 is 2.00 bits per heavy atom. The van der Waals surface area contributed by atoms with E-state index in [0.29, 0.717) is 0 Å². The second-order valence-corrected chi connectivity index (χ2v) is 5.43. The molecule has 0 atom stereocenters. The molecule has 0 radical (unpaired) electrons. The molecule has 21 heavy (non-hydrogen) atoms. The van der Waals surface area contributed by atoms with Gasteiger partial charge in [0, 0.05) is 50.2 Å². The number of para-hydroxylation sites is 1. The van der Waals surface area contributed by atoms with Crippen molar-refractivity contribution in [1.82, 2.24) is 24.6 Å². The molecule has 5 heteroatoms. The molecule has 0 amide bonds. The molecule has 0 aliphatic carbocycles. The Labute approximate surface area is 124 Å². The molecular formula is C16H21N5. The Morgan fingerprint density at radius 1 is 1.19 bits per heavy atom. The fraction of sp³-hybridized carbons (Fsp3) is 0.375. The fourth-order valence-electron chi connectivity index (χ4n) is 2.83. The normalized spacial score (nSPS) is 11.4. The van der Waals surface area contributed by atoms with Crippen molar-refractivity contribution in [2.45, 2.75) is 19.9 Å². The Balaban J connectivity index is 1.67. The molecule has 5 nitrogen and oxygen atoms in total. The first-order valence-electron chi connectivity index (χ1n) is 7.25. The Bertz CT molecular complexity index is 714. The van der Waals surface area contributed by atoms with E-state index in [1.54, 1.807) is 6.33 Å². The first-order chi connectivity index (χ1) is 10.2. The zero-order valence-corrected chi connectivity index (χ0v) is 12.8. The van der Waals surface area contributed by atoms with Crippen molar-refractivity contribution >= 4 is 10.9 Å². The molecule has 0 saturated carbocycles. The maximum absolute atomic E-state index is 4.10. The molecular weight excluding hydrogens is 262 g/mol. The van der Waals surface area contributed by atoms with Gasteiger partial charge in [-0.15, -0.1) is 10.2 Å². The number of hydrogen-bond donors (Lipinski definition) is 1. The zero-order chi connectivity index (χ0) is 14.8. The second kappa shape index (κ2) is 5.69. The van der Waals surface area contributed by atoms with Gasteiger partial charge in [-0.05, 0) is 18.6 Å². The van der Waals surface area contributed by atoms with Crippen LogP contribution in [0.5, 0.6) is 0 Å². The molecule has 2 aromatic heterocycles. The average Bonchev–Trinajstić information content (AvgIpc) is 3.00. The van der Waals surface area contributed by atoms with E-state index in [9.17, 15) is 0 Å². The summed E-state index contributed by atoms with van der Waals surface area (Å²) in [6.07, 6.45) is 2.63. The molecule has 0 bridgehead atoms.